The summed E-state index contributed by atoms with van der Waals surface area (Å²) in [6.07, 6.45) is 8.44. The van der Waals surface area contributed by atoms with Crippen LogP contribution in [0.4, 0.5) is 0 Å². The minimum atomic E-state index is 0.841. The van der Waals surface area contributed by atoms with Crippen molar-refractivity contribution >= 4 is 0 Å². The van der Waals surface area contributed by atoms with Crippen molar-refractivity contribution in [1.82, 2.24) is 5.32 Å². The first-order valence-corrected chi connectivity index (χ1v) is 6.47. The number of nitrogens with one attached hydrogen (secondary N) is 1. The van der Waals surface area contributed by atoms with Crippen LogP contribution in [0.3, 0.4) is 0 Å². The molecule has 0 saturated heterocycles. The zero-order valence-corrected chi connectivity index (χ0v) is 10.2. The van der Waals surface area contributed by atoms with Crippen LogP contribution in [-0.2, 0) is 0 Å². The maximum Gasteiger partial charge on any atom is 0.00953 e. The molecule has 1 fully saturated rings. The molecule has 0 heterocycles. The summed E-state index contributed by atoms with van der Waals surface area (Å²) in [4.78, 5) is 0. The number of hydrogen-bond donors (Lipinski definition) is 1. The molecule has 14 heavy (non-hydrogen) atoms. The van der Waals surface area contributed by atoms with Crippen LogP contribution in [0.15, 0.2) is 0 Å². The Bertz CT molecular complexity index is 138. The lowest BCUT2D eigenvalue weighted by Gasteiger charge is -2.18. The maximum absolute atomic E-state index is 3.71. The minimum absolute atomic E-state index is 0.841. The summed E-state index contributed by atoms with van der Waals surface area (Å²) in [5, 5.41) is 3.71. The Morgan fingerprint density at radius 2 is 1.93 bits per heavy atom. The van der Waals surface area contributed by atoms with Gasteiger partial charge in [0.05, 0.1) is 0 Å². The average molecular weight is 197 g/mol. The summed E-state index contributed by atoms with van der Waals surface area (Å²) in [6, 6.07) is 0.841. The lowest BCUT2D eigenvalue weighted by Crippen LogP contribution is -2.31. The lowest BCUT2D eigenvalue weighted by atomic mass is 10.0. The Hall–Kier alpha value is -0.0400. The predicted octanol–water partition coefficient (Wildman–Crippen LogP) is 3.59. The van der Waals surface area contributed by atoms with E-state index in [-0.39, 0.29) is 0 Å². The van der Waals surface area contributed by atoms with E-state index in [0.717, 1.165) is 17.9 Å². The summed E-state index contributed by atoms with van der Waals surface area (Å²) in [7, 11) is 0. The SMILES string of the molecule is CCCNC(CCCC(C)C)C1CC1. The van der Waals surface area contributed by atoms with E-state index >= 15 is 0 Å². The molecule has 1 saturated carbocycles. The Morgan fingerprint density at radius 1 is 1.21 bits per heavy atom. The van der Waals surface area contributed by atoms with Gasteiger partial charge in [-0.1, -0.05) is 33.6 Å². The van der Waals surface area contributed by atoms with E-state index in [0.29, 0.717) is 0 Å². The molecule has 84 valence electrons. The Morgan fingerprint density at radius 3 is 2.43 bits per heavy atom. The first-order valence-electron chi connectivity index (χ1n) is 6.47. The van der Waals surface area contributed by atoms with Gasteiger partial charge in [0.2, 0.25) is 0 Å². The highest BCUT2D eigenvalue weighted by Crippen LogP contribution is 2.34. The van der Waals surface area contributed by atoms with Crippen LogP contribution in [0.5, 0.6) is 0 Å². The fourth-order valence-electron chi connectivity index (χ4n) is 2.08. The summed E-state index contributed by atoms with van der Waals surface area (Å²) in [6.45, 7) is 8.12. The first-order chi connectivity index (χ1) is 6.74. The average Bonchev–Trinajstić information content (AvgIpc) is 2.93. The number of hydrogen-bond acceptors (Lipinski definition) is 1. The molecule has 1 rings (SSSR count). The molecule has 1 aliphatic carbocycles. The molecule has 0 spiro atoms. The van der Waals surface area contributed by atoms with E-state index in [9.17, 15) is 0 Å². The Kier molecular flexibility index (Phi) is 5.54. The first kappa shape index (κ1) is 12.0. The molecule has 0 radical (unpaired) electrons. The van der Waals surface area contributed by atoms with Gasteiger partial charge < -0.3 is 5.32 Å². The van der Waals surface area contributed by atoms with Gasteiger partial charge in [-0.3, -0.25) is 0 Å². The predicted molar refractivity (Wildman–Crippen MR) is 63.5 cm³/mol. The molecule has 1 unspecified atom stereocenters. The van der Waals surface area contributed by atoms with Crippen LogP contribution in [0.25, 0.3) is 0 Å². The molecular formula is C13H27N. The highest BCUT2D eigenvalue weighted by Gasteiger charge is 2.29. The number of rotatable bonds is 8. The summed E-state index contributed by atoms with van der Waals surface area (Å²) >= 11 is 0. The van der Waals surface area contributed by atoms with Gasteiger partial charge >= 0.3 is 0 Å². The van der Waals surface area contributed by atoms with Crippen molar-refractivity contribution in [2.45, 2.75) is 65.3 Å². The van der Waals surface area contributed by atoms with Crippen LogP contribution in [0, 0.1) is 11.8 Å². The third kappa shape index (κ3) is 4.99. The van der Waals surface area contributed by atoms with Crippen molar-refractivity contribution < 1.29 is 0 Å². The highest BCUT2D eigenvalue weighted by atomic mass is 14.9. The molecule has 0 aromatic heterocycles. The molecule has 0 bridgehead atoms. The molecule has 0 aromatic rings. The van der Waals surface area contributed by atoms with Gasteiger partial charge in [0.15, 0.2) is 0 Å². The van der Waals surface area contributed by atoms with Crippen molar-refractivity contribution in [2.75, 3.05) is 6.54 Å². The highest BCUT2D eigenvalue weighted by molar-refractivity contribution is 4.86. The zero-order chi connectivity index (χ0) is 10.4. The van der Waals surface area contributed by atoms with Crippen molar-refractivity contribution in [3.63, 3.8) is 0 Å². The Balaban J connectivity index is 2.08. The van der Waals surface area contributed by atoms with E-state index in [2.05, 4.69) is 26.1 Å². The van der Waals surface area contributed by atoms with E-state index in [1.54, 1.807) is 0 Å². The van der Waals surface area contributed by atoms with Gasteiger partial charge in [0, 0.05) is 6.04 Å². The van der Waals surface area contributed by atoms with Crippen LogP contribution >= 0.6 is 0 Å². The largest absolute Gasteiger partial charge is 0.314 e. The van der Waals surface area contributed by atoms with E-state index in [1.165, 1.54) is 45.1 Å². The van der Waals surface area contributed by atoms with Crippen LogP contribution in [-0.4, -0.2) is 12.6 Å². The molecule has 1 N–H and O–H groups in total. The van der Waals surface area contributed by atoms with Crippen molar-refractivity contribution in [2.24, 2.45) is 11.8 Å². The quantitative estimate of drug-likeness (QED) is 0.627. The fourth-order valence-corrected chi connectivity index (χ4v) is 2.08. The topological polar surface area (TPSA) is 12.0 Å². The molecule has 1 nitrogen and oxygen atoms in total. The third-order valence-corrected chi connectivity index (χ3v) is 3.14. The van der Waals surface area contributed by atoms with Crippen molar-refractivity contribution in [3.05, 3.63) is 0 Å². The smallest absolute Gasteiger partial charge is 0.00953 e. The van der Waals surface area contributed by atoms with Gasteiger partial charge in [-0.2, -0.15) is 0 Å². The fraction of sp³-hybridized carbons (Fsp3) is 1.00. The molecule has 0 aromatic carbocycles. The normalized spacial score (nSPS) is 18.9. The summed E-state index contributed by atoms with van der Waals surface area (Å²) in [5.41, 5.74) is 0. The van der Waals surface area contributed by atoms with Crippen LogP contribution in [0.2, 0.25) is 0 Å². The molecular weight excluding hydrogens is 170 g/mol. The second-order valence-corrected chi connectivity index (χ2v) is 5.22. The molecule has 1 aliphatic rings. The molecule has 1 heteroatoms. The third-order valence-electron chi connectivity index (χ3n) is 3.14. The van der Waals surface area contributed by atoms with Crippen LogP contribution in [0.1, 0.15) is 59.3 Å². The van der Waals surface area contributed by atoms with Crippen molar-refractivity contribution in [1.29, 1.82) is 0 Å². The lowest BCUT2D eigenvalue weighted by molar-refractivity contribution is 0.404. The van der Waals surface area contributed by atoms with Gasteiger partial charge in [0.25, 0.3) is 0 Å². The molecule has 0 amide bonds. The van der Waals surface area contributed by atoms with Gasteiger partial charge in [-0.25, -0.2) is 0 Å². The minimum Gasteiger partial charge on any atom is -0.314 e. The zero-order valence-electron chi connectivity index (χ0n) is 10.2. The maximum atomic E-state index is 3.71. The Labute approximate surface area is 89.7 Å². The van der Waals surface area contributed by atoms with Gasteiger partial charge in [-0.15, -0.1) is 0 Å². The van der Waals surface area contributed by atoms with Crippen LogP contribution < -0.4 is 5.32 Å². The van der Waals surface area contributed by atoms with E-state index in [1.807, 2.05) is 0 Å². The molecule has 1 atom stereocenters. The second-order valence-electron chi connectivity index (χ2n) is 5.22. The van der Waals surface area contributed by atoms with Gasteiger partial charge in [-0.05, 0) is 44.1 Å². The van der Waals surface area contributed by atoms with E-state index < -0.39 is 0 Å². The van der Waals surface area contributed by atoms with Crippen molar-refractivity contribution in [3.8, 4) is 0 Å². The monoisotopic (exact) mass is 197 g/mol. The summed E-state index contributed by atoms with van der Waals surface area (Å²) < 4.78 is 0. The standard InChI is InChI=1S/C13H27N/c1-4-10-14-13(12-8-9-12)7-5-6-11(2)3/h11-14H,4-10H2,1-3H3. The second kappa shape index (κ2) is 6.44. The van der Waals surface area contributed by atoms with E-state index in [4.69, 9.17) is 0 Å². The summed E-state index contributed by atoms with van der Waals surface area (Å²) in [5.74, 6) is 1.90. The van der Waals surface area contributed by atoms with Gasteiger partial charge in [0.1, 0.15) is 0 Å². The molecule has 0 aliphatic heterocycles.